The lowest BCUT2D eigenvalue weighted by Gasteiger charge is -2.36. The molecule has 2 rings (SSSR count). The van der Waals surface area contributed by atoms with Gasteiger partial charge in [-0.05, 0) is 28.1 Å². The first-order valence-corrected chi connectivity index (χ1v) is 8.78. The summed E-state index contributed by atoms with van der Waals surface area (Å²) in [6, 6.07) is 3.02. The van der Waals surface area contributed by atoms with Gasteiger partial charge in [-0.15, -0.1) is 0 Å². The maximum atomic E-state index is 12.8. The lowest BCUT2D eigenvalue weighted by atomic mass is 10.2. The van der Waals surface area contributed by atoms with Gasteiger partial charge in [0.15, 0.2) is 5.75 Å². The first kappa shape index (κ1) is 16.0. The van der Waals surface area contributed by atoms with Crippen molar-refractivity contribution in [2.75, 3.05) is 26.7 Å². The Morgan fingerprint density at radius 2 is 2.15 bits per heavy atom. The van der Waals surface area contributed by atoms with Gasteiger partial charge in [0.2, 0.25) is 10.0 Å². The zero-order chi connectivity index (χ0) is 14.9. The van der Waals surface area contributed by atoms with Crippen LogP contribution in [0.3, 0.4) is 0 Å². The number of likely N-dealkylation sites (N-methyl/N-ethyl adjacent to an activating group) is 1. The van der Waals surface area contributed by atoms with Crippen LogP contribution in [0.4, 0.5) is 0 Å². The summed E-state index contributed by atoms with van der Waals surface area (Å²) in [4.78, 5) is 0.0909. The lowest BCUT2D eigenvalue weighted by molar-refractivity contribution is 0.249. The summed E-state index contributed by atoms with van der Waals surface area (Å²) in [5.41, 5.74) is 0. The Labute approximate surface area is 132 Å². The smallest absolute Gasteiger partial charge is 0.247 e. The minimum absolute atomic E-state index is 0.0209. The van der Waals surface area contributed by atoms with Crippen LogP contribution >= 0.6 is 27.5 Å². The van der Waals surface area contributed by atoms with E-state index in [0.717, 1.165) is 0 Å². The van der Waals surface area contributed by atoms with Gasteiger partial charge >= 0.3 is 0 Å². The van der Waals surface area contributed by atoms with Crippen molar-refractivity contribution in [1.82, 2.24) is 9.62 Å². The molecule has 0 aliphatic carbocycles. The highest BCUT2D eigenvalue weighted by Crippen LogP contribution is 2.37. The van der Waals surface area contributed by atoms with Crippen LogP contribution in [0.2, 0.25) is 5.02 Å². The number of methoxy groups -OCH3 is 1. The second-order valence-corrected chi connectivity index (χ2v) is 7.59. The van der Waals surface area contributed by atoms with Crippen molar-refractivity contribution in [3.8, 4) is 5.75 Å². The maximum Gasteiger partial charge on any atom is 0.247 e. The second-order valence-electron chi connectivity index (χ2n) is 4.44. The van der Waals surface area contributed by atoms with Crippen LogP contribution in [0.5, 0.6) is 5.75 Å². The van der Waals surface area contributed by atoms with E-state index in [2.05, 4.69) is 21.2 Å². The number of hydrogen-bond donors (Lipinski definition) is 1. The standard InChI is InChI=1S/C12H16BrClN2O3S/c1-3-16(9-6-15-7-9)20(17,18)11-5-8(14)4-10(13)12(11)19-2/h4-5,9,15H,3,6-7H2,1-2H3. The number of sulfonamides is 1. The molecule has 0 unspecified atom stereocenters. The number of halogens is 2. The molecule has 1 aromatic rings. The molecule has 1 N–H and O–H groups in total. The average Bonchev–Trinajstić information content (AvgIpc) is 2.32. The first-order valence-electron chi connectivity index (χ1n) is 6.17. The predicted octanol–water partition coefficient (Wildman–Crippen LogP) is 2.09. The van der Waals surface area contributed by atoms with Crippen LogP contribution in [0.25, 0.3) is 0 Å². The van der Waals surface area contributed by atoms with Crippen LogP contribution in [0.15, 0.2) is 21.5 Å². The van der Waals surface area contributed by atoms with E-state index >= 15 is 0 Å². The van der Waals surface area contributed by atoms with Gasteiger partial charge in [0, 0.05) is 24.7 Å². The van der Waals surface area contributed by atoms with E-state index in [1.165, 1.54) is 17.5 Å². The molecule has 8 heteroatoms. The fraction of sp³-hybridized carbons (Fsp3) is 0.500. The van der Waals surface area contributed by atoms with Crippen molar-refractivity contribution in [2.45, 2.75) is 17.9 Å². The van der Waals surface area contributed by atoms with Crippen molar-refractivity contribution >= 4 is 37.6 Å². The number of hydrogen-bond acceptors (Lipinski definition) is 4. The number of nitrogens with one attached hydrogen (secondary N) is 1. The lowest BCUT2D eigenvalue weighted by Crippen LogP contribution is -2.58. The largest absolute Gasteiger partial charge is 0.494 e. The molecule has 112 valence electrons. The van der Waals surface area contributed by atoms with E-state index in [1.807, 2.05) is 6.92 Å². The Hall–Kier alpha value is -0.340. The fourth-order valence-corrected chi connectivity index (χ4v) is 5.16. The second kappa shape index (κ2) is 6.19. The summed E-state index contributed by atoms with van der Waals surface area (Å²) < 4.78 is 32.9. The highest BCUT2D eigenvalue weighted by molar-refractivity contribution is 9.10. The number of rotatable bonds is 5. The molecular weight excluding hydrogens is 368 g/mol. The molecular formula is C12H16BrClN2O3S. The molecule has 0 bridgehead atoms. The molecule has 20 heavy (non-hydrogen) atoms. The molecule has 1 aromatic carbocycles. The molecule has 1 aliphatic rings. The van der Waals surface area contributed by atoms with Gasteiger partial charge in [-0.2, -0.15) is 4.31 Å². The Morgan fingerprint density at radius 1 is 1.50 bits per heavy atom. The summed E-state index contributed by atoms with van der Waals surface area (Å²) in [6.07, 6.45) is 0. The van der Waals surface area contributed by atoms with Crippen LogP contribution < -0.4 is 10.1 Å². The van der Waals surface area contributed by atoms with Crippen molar-refractivity contribution in [3.63, 3.8) is 0 Å². The summed E-state index contributed by atoms with van der Waals surface area (Å²) in [5.74, 6) is 0.278. The van der Waals surface area contributed by atoms with Gasteiger partial charge in [0.1, 0.15) is 4.90 Å². The third-order valence-electron chi connectivity index (χ3n) is 3.24. The Balaban J connectivity index is 2.52. The van der Waals surface area contributed by atoms with Gasteiger partial charge in [0.05, 0.1) is 17.6 Å². The molecule has 0 amide bonds. The van der Waals surface area contributed by atoms with Gasteiger partial charge in [-0.25, -0.2) is 8.42 Å². The maximum absolute atomic E-state index is 12.8. The third kappa shape index (κ3) is 2.82. The Kier molecular flexibility index (Phi) is 4.96. The summed E-state index contributed by atoms with van der Waals surface area (Å²) in [5, 5.41) is 3.42. The van der Waals surface area contributed by atoms with Crippen LogP contribution in [-0.4, -0.2) is 45.5 Å². The minimum Gasteiger partial charge on any atom is -0.494 e. The van der Waals surface area contributed by atoms with Crippen molar-refractivity contribution in [2.24, 2.45) is 0 Å². The summed E-state index contributed by atoms with van der Waals surface area (Å²) >= 11 is 9.26. The molecule has 0 aromatic heterocycles. The zero-order valence-electron chi connectivity index (χ0n) is 11.2. The average molecular weight is 384 g/mol. The molecule has 5 nitrogen and oxygen atoms in total. The Morgan fingerprint density at radius 3 is 2.60 bits per heavy atom. The molecule has 0 radical (unpaired) electrons. The van der Waals surface area contributed by atoms with Crippen LogP contribution in [0.1, 0.15) is 6.92 Å². The Bertz CT molecular complexity index is 605. The topological polar surface area (TPSA) is 58.6 Å². The van der Waals surface area contributed by atoms with E-state index in [0.29, 0.717) is 29.1 Å². The molecule has 1 heterocycles. The van der Waals surface area contributed by atoms with E-state index < -0.39 is 10.0 Å². The SMILES string of the molecule is CCN(C1CNC1)S(=O)(=O)c1cc(Cl)cc(Br)c1OC. The van der Waals surface area contributed by atoms with Crippen LogP contribution in [-0.2, 0) is 10.0 Å². The van der Waals surface area contributed by atoms with Gasteiger partial charge < -0.3 is 10.1 Å². The third-order valence-corrected chi connectivity index (χ3v) is 6.08. The number of nitrogens with zero attached hydrogens (tertiary/aromatic N) is 1. The van der Waals surface area contributed by atoms with Crippen LogP contribution in [0, 0.1) is 0 Å². The highest BCUT2D eigenvalue weighted by atomic mass is 79.9. The van der Waals surface area contributed by atoms with Gasteiger partial charge in [0.25, 0.3) is 0 Å². The minimum atomic E-state index is -3.65. The molecule has 1 aliphatic heterocycles. The van der Waals surface area contributed by atoms with Crippen molar-refractivity contribution in [3.05, 3.63) is 21.6 Å². The number of benzene rings is 1. The van der Waals surface area contributed by atoms with Gasteiger partial charge in [-0.1, -0.05) is 18.5 Å². The highest BCUT2D eigenvalue weighted by Gasteiger charge is 2.36. The fourth-order valence-electron chi connectivity index (χ4n) is 2.15. The van der Waals surface area contributed by atoms with Crippen molar-refractivity contribution < 1.29 is 13.2 Å². The van der Waals surface area contributed by atoms with Crippen molar-refractivity contribution in [1.29, 1.82) is 0 Å². The quantitative estimate of drug-likeness (QED) is 0.846. The first-order chi connectivity index (χ1) is 9.41. The van der Waals surface area contributed by atoms with E-state index in [1.54, 1.807) is 6.07 Å². The molecule has 0 saturated carbocycles. The molecule has 0 spiro atoms. The summed E-state index contributed by atoms with van der Waals surface area (Å²) in [6.45, 7) is 3.55. The predicted molar refractivity (Wildman–Crippen MR) is 81.9 cm³/mol. The molecule has 0 atom stereocenters. The summed E-state index contributed by atoms with van der Waals surface area (Å²) in [7, 11) is -2.21. The molecule has 1 fully saturated rings. The molecule has 1 saturated heterocycles. The monoisotopic (exact) mass is 382 g/mol. The van der Waals surface area contributed by atoms with E-state index in [-0.39, 0.29) is 16.7 Å². The van der Waals surface area contributed by atoms with Gasteiger partial charge in [-0.3, -0.25) is 0 Å². The van der Waals surface area contributed by atoms with E-state index in [9.17, 15) is 8.42 Å². The zero-order valence-corrected chi connectivity index (χ0v) is 14.3. The number of ether oxygens (including phenoxy) is 1. The van der Waals surface area contributed by atoms with E-state index in [4.69, 9.17) is 16.3 Å². The normalized spacial score (nSPS) is 16.2.